The molecule has 0 unspecified atom stereocenters. The van der Waals surface area contributed by atoms with E-state index in [0.717, 1.165) is 10.7 Å². The lowest BCUT2D eigenvalue weighted by atomic mass is 10.1. The molecule has 9 heteroatoms. The summed E-state index contributed by atoms with van der Waals surface area (Å²) in [6, 6.07) is 1.68. The Bertz CT molecular complexity index is 1120. The molecule has 134 valence electrons. The van der Waals surface area contributed by atoms with Gasteiger partial charge in [-0.3, -0.25) is 4.79 Å². The molecule has 1 saturated carbocycles. The fraction of sp³-hybridized carbons (Fsp3) is 0.222. The predicted octanol–water partition coefficient (Wildman–Crippen LogP) is 3.07. The minimum absolute atomic E-state index is 0.0699. The van der Waals surface area contributed by atoms with Gasteiger partial charge in [0.15, 0.2) is 17.2 Å². The minimum atomic E-state index is -0.0699. The summed E-state index contributed by atoms with van der Waals surface area (Å²) in [5, 5.41) is 7.01. The molecule has 0 amide bonds. The van der Waals surface area contributed by atoms with Gasteiger partial charge in [-0.1, -0.05) is 0 Å². The van der Waals surface area contributed by atoms with Gasteiger partial charge < -0.3 is 4.74 Å². The fourth-order valence-corrected chi connectivity index (χ4v) is 3.72. The maximum atomic E-state index is 12.9. The van der Waals surface area contributed by atoms with Gasteiger partial charge in [0, 0.05) is 11.3 Å². The van der Waals surface area contributed by atoms with Crippen LogP contribution >= 0.6 is 11.3 Å². The fourth-order valence-electron chi connectivity index (χ4n) is 2.84. The van der Waals surface area contributed by atoms with Gasteiger partial charge in [0.2, 0.25) is 0 Å². The quantitative estimate of drug-likeness (QED) is 0.476. The number of hydrogen-bond donors (Lipinski definition) is 0. The van der Waals surface area contributed by atoms with Crippen molar-refractivity contribution in [2.45, 2.75) is 25.2 Å². The number of pyridine rings is 1. The molecule has 8 nitrogen and oxygen atoms in total. The molecule has 5 rings (SSSR count). The number of Topliss-reactive ketones (excluding diaryl/α,β-unsaturated/α-hetero) is 1. The van der Waals surface area contributed by atoms with E-state index in [-0.39, 0.29) is 12.2 Å². The van der Waals surface area contributed by atoms with Crippen molar-refractivity contribution in [1.82, 2.24) is 29.5 Å². The van der Waals surface area contributed by atoms with E-state index < -0.39 is 0 Å². The highest BCUT2D eigenvalue weighted by atomic mass is 32.1. The Hall–Kier alpha value is -3.20. The molecule has 4 aromatic rings. The molecule has 4 aromatic heterocycles. The van der Waals surface area contributed by atoms with Crippen LogP contribution in [0.5, 0.6) is 11.5 Å². The molecule has 0 spiro atoms. The highest BCUT2D eigenvalue weighted by molar-refractivity contribution is 7.09. The highest BCUT2D eigenvalue weighted by Gasteiger charge is 2.26. The molecule has 0 bridgehead atoms. The third kappa shape index (κ3) is 3.28. The number of carbonyl (C=O) groups is 1. The van der Waals surface area contributed by atoms with E-state index in [1.54, 1.807) is 24.7 Å². The first-order valence-electron chi connectivity index (χ1n) is 8.50. The van der Waals surface area contributed by atoms with Crippen molar-refractivity contribution in [1.29, 1.82) is 0 Å². The Labute approximate surface area is 157 Å². The van der Waals surface area contributed by atoms with Gasteiger partial charge in [-0.15, -0.1) is 11.3 Å². The van der Waals surface area contributed by atoms with Gasteiger partial charge in [-0.25, -0.2) is 24.5 Å². The third-order valence-electron chi connectivity index (χ3n) is 4.30. The van der Waals surface area contributed by atoms with Gasteiger partial charge in [-0.2, -0.15) is 5.10 Å². The number of thiazole rings is 1. The van der Waals surface area contributed by atoms with Crippen molar-refractivity contribution in [3.63, 3.8) is 0 Å². The Balaban J connectivity index is 1.45. The summed E-state index contributed by atoms with van der Waals surface area (Å²) in [7, 11) is 0. The molecular formula is C18H14N6O2S. The lowest BCUT2D eigenvalue weighted by Crippen LogP contribution is -2.07. The van der Waals surface area contributed by atoms with Gasteiger partial charge >= 0.3 is 0 Å². The monoisotopic (exact) mass is 378 g/mol. The number of aromatic nitrogens is 6. The van der Waals surface area contributed by atoms with Crippen LogP contribution in [-0.2, 0) is 6.42 Å². The standard InChI is InChI=1S/C18H14N6O2S/c25-16(4-17-23-15(8-27-17)11-1-2-11)14-3-12(7-24-18(14)21-10-22-24)26-13-5-19-9-20-6-13/h3,5-11H,1-2,4H2. The van der Waals surface area contributed by atoms with Gasteiger partial charge in [0.1, 0.15) is 23.4 Å². The second-order valence-electron chi connectivity index (χ2n) is 6.33. The average molecular weight is 378 g/mol. The van der Waals surface area contributed by atoms with Crippen LogP contribution in [0.15, 0.2) is 42.7 Å². The second kappa shape index (κ2) is 6.51. The van der Waals surface area contributed by atoms with E-state index in [2.05, 4.69) is 30.4 Å². The topological polar surface area (TPSA) is 95.2 Å². The van der Waals surface area contributed by atoms with E-state index in [4.69, 9.17) is 4.74 Å². The normalized spacial score (nSPS) is 13.8. The number of rotatable bonds is 6. The zero-order valence-electron chi connectivity index (χ0n) is 14.1. The number of hydrogen-bond acceptors (Lipinski definition) is 8. The van der Waals surface area contributed by atoms with Crippen molar-refractivity contribution in [2.24, 2.45) is 0 Å². The molecule has 1 fully saturated rings. The third-order valence-corrected chi connectivity index (χ3v) is 5.17. The van der Waals surface area contributed by atoms with E-state index in [1.165, 1.54) is 41.3 Å². The maximum absolute atomic E-state index is 12.9. The van der Waals surface area contributed by atoms with Crippen LogP contribution in [0.25, 0.3) is 5.65 Å². The smallest absolute Gasteiger partial charge is 0.173 e. The van der Waals surface area contributed by atoms with Crippen LogP contribution in [0.4, 0.5) is 0 Å². The summed E-state index contributed by atoms with van der Waals surface area (Å²) < 4.78 is 7.29. The summed E-state index contributed by atoms with van der Waals surface area (Å²) in [5.74, 6) is 1.45. The van der Waals surface area contributed by atoms with Crippen LogP contribution < -0.4 is 4.74 Å². The lowest BCUT2D eigenvalue weighted by molar-refractivity contribution is 0.0993. The van der Waals surface area contributed by atoms with E-state index in [1.807, 2.05) is 0 Å². The number of carbonyl (C=O) groups excluding carboxylic acids is 1. The highest BCUT2D eigenvalue weighted by Crippen LogP contribution is 2.40. The Kier molecular flexibility index (Phi) is 3.86. The largest absolute Gasteiger partial charge is 0.452 e. The average Bonchev–Trinajstić information content (AvgIpc) is 3.24. The first-order chi connectivity index (χ1) is 13.3. The molecular weight excluding hydrogens is 364 g/mol. The van der Waals surface area contributed by atoms with Crippen LogP contribution in [0.1, 0.15) is 39.8 Å². The van der Waals surface area contributed by atoms with E-state index in [9.17, 15) is 4.79 Å². The summed E-state index contributed by atoms with van der Waals surface area (Å²) in [6.45, 7) is 0. The zero-order chi connectivity index (χ0) is 18.2. The molecule has 0 atom stereocenters. The van der Waals surface area contributed by atoms with Gasteiger partial charge in [-0.05, 0) is 18.9 Å². The number of ether oxygens (including phenoxy) is 1. The number of fused-ring (bicyclic) bond motifs is 1. The number of ketones is 1. The lowest BCUT2D eigenvalue weighted by Gasteiger charge is -2.08. The molecule has 4 heterocycles. The van der Waals surface area contributed by atoms with Crippen LogP contribution in [-0.4, -0.2) is 35.3 Å². The molecule has 27 heavy (non-hydrogen) atoms. The molecule has 0 saturated heterocycles. The minimum Gasteiger partial charge on any atom is -0.452 e. The van der Waals surface area contributed by atoms with Gasteiger partial charge in [0.25, 0.3) is 0 Å². The Morgan fingerprint density at radius 2 is 2.07 bits per heavy atom. The summed E-state index contributed by atoms with van der Waals surface area (Å²) >= 11 is 1.53. The summed E-state index contributed by atoms with van der Waals surface area (Å²) in [4.78, 5) is 29.6. The first kappa shape index (κ1) is 16.0. The molecule has 0 radical (unpaired) electrons. The van der Waals surface area contributed by atoms with Crippen molar-refractivity contribution in [2.75, 3.05) is 0 Å². The summed E-state index contributed by atoms with van der Waals surface area (Å²) in [6.07, 6.45) is 10.2. The van der Waals surface area contributed by atoms with Gasteiger partial charge in [0.05, 0.1) is 36.3 Å². The van der Waals surface area contributed by atoms with Crippen LogP contribution in [0.3, 0.4) is 0 Å². The Morgan fingerprint density at radius 3 is 2.89 bits per heavy atom. The predicted molar refractivity (Wildman–Crippen MR) is 97.2 cm³/mol. The Morgan fingerprint density at radius 1 is 1.22 bits per heavy atom. The summed E-state index contributed by atoms with van der Waals surface area (Å²) in [5.41, 5.74) is 2.05. The molecule has 1 aliphatic rings. The second-order valence-corrected chi connectivity index (χ2v) is 7.28. The maximum Gasteiger partial charge on any atom is 0.173 e. The van der Waals surface area contributed by atoms with E-state index in [0.29, 0.717) is 28.6 Å². The molecule has 0 aliphatic heterocycles. The van der Waals surface area contributed by atoms with Crippen LogP contribution in [0, 0.1) is 0 Å². The van der Waals surface area contributed by atoms with Crippen molar-refractivity contribution in [3.8, 4) is 11.5 Å². The SMILES string of the molecule is O=C(Cc1nc(C2CC2)cs1)c1cc(Oc2cncnc2)cn2ncnc12. The molecule has 0 aromatic carbocycles. The van der Waals surface area contributed by atoms with E-state index >= 15 is 0 Å². The first-order valence-corrected chi connectivity index (χ1v) is 9.38. The molecule has 1 aliphatic carbocycles. The van der Waals surface area contributed by atoms with Crippen molar-refractivity contribution >= 4 is 22.8 Å². The van der Waals surface area contributed by atoms with Crippen molar-refractivity contribution in [3.05, 3.63) is 59.0 Å². The number of nitrogens with zero attached hydrogens (tertiary/aromatic N) is 6. The van der Waals surface area contributed by atoms with Crippen molar-refractivity contribution < 1.29 is 9.53 Å². The zero-order valence-corrected chi connectivity index (χ0v) is 15.0. The molecule has 0 N–H and O–H groups in total. The van der Waals surface area contributed by atoms with Crippen LogP contribution in [0.2, 0.25) is 0 Å².